The number of hydrogen-bond acceptors (Lipinski definition) is 5. The lowest BCUT2D eigenvalue weighted by Crippen LogP contribution is -2.25. The second-order valence-electron chi connectivity index (χ2n) is 9.55. The van der Waals surface area contributed by atoms with Crippen LogP contribution in [0, 0.1) is 12.8 Å². The van der Waals surface area contributed by atoms with Crippen molar-refractivity contribution >= 4 is 17.5 Å². The number of carbonyl (C=O) groups excluding carboxylic acids is 2. The summed E-state index contributed by atoms with van der Waals surface area (Å²) < 4.78 is 3.73. The van der Waals surface area contributed by atoms with Gasteiger partial charge in [0.25, 0.3) is 5.91 Å². The molecule has 1 fully saturated rings. The van der Waals surface area contributed by atoms with E-state index in [-0.39, 0.29) is 23.7 Å². The molecule has 3 N–H and O–H groups in total. The number of hydrogen-bond donors (Lipinski definition) is 2. The monoisotopic (exact) mass is 446 g/mol. The second-order valence-corrected chi connectivity index (χ2v) is 9.55. The number of nitrogens with two attached hydrogens (primary N) is 1. The van der Waals surface area contributed by atoms with Gasteiger partial charge in [-0.15, -0.1) is 0 Å². The summed E-state index contributed by atoms with van der Waals surface area (Å²) >= 11 is 0. The van der Waals surface area contributed by atoms with Gasteiger partial charge in [0, 0.05) is 29.3 Å². The quantitative estimate of drug-likeness (QED) is 0.564. The third-order valence-electron chi connectivity index (χ3n) is 6.76. The highest BCUT2D eigenvalue weighted by molar-refractivity contribution is 6.02. The van der Waals surface area contributed by atoms with Crippen LogP contribution < -0.4 is 11.1 Å². The van der Waals surface area contributed by atoms with Crippen LogP contribution in [0.3, 0.4) is 0 Å². The van der Waals surface area contributed by atoms with Crippen molar-refractivity contribution in [3.8, 4) is 5.69 Å². The molecule has 2 aromatic heterocycles. The molecule has 1 saturated carbocycles. The number of nitrogen functional groups attached to an aromatic ring is 1. The number of Topliss-reactive ketones (excluding diaryl/α,β-unsaturated/α-hetero) is 1. The predicted octanol–water partition coefficient (Wildman–Crippen LogP) is 3.42. The van der Waals surface area contributed by atoms with E-state index in [4.69, 9.17) is 5.73 Å². The van der Waals surface area contributed by atoms with E-state index in [0.29, 0.717) is 35.1 Å². The molecule has 2 heterocycles. The van der Waals surface area contributed by atoms with Crippen molar-refractivity contribution in [2.24, 2.45) is 5.92 Å². The molecule has 2 aliphatic rings. The summed E-state index contributed by atoms with van der Waals surface area (Å²) in [6.45, 7) is 6.18. The molecule has 1 unspecified atom stereocenters. The zero-order chi connectivity index (χ0) is 23.3. The summed E-state index contributed by atoms with van der Waals surface area (Å²) in [5.41, 5.74) is 11.3. The first-order valence-corrected chi connectivity index (χ1v) is 11.7. The molecule has 0 spiro atoms. The van der Waals surface area contributed by atoms with Gasteiger partial charge < -0.3 is 15.6 Å². The van der Waals surface area contributed by atoms with Gasteiger partial charge in [-0.3, -0.25) is 9.59 Å². The fourth-order valence-corrected chi connectivity index (χ4v) is 4.61. The number of rotatable bonds is 6. The number of anilines is 1. The minimum absolute atomic E-state index is 0.0150. The summed E-state index contributed by atoms with van der Waals surface area (Å²) in [4.78, 5) is 30.5. The predicted molar refractivity (Wildman–Crippen MR) is 126 cm³/mol. The molecule has 8 heteroatoms. The molecule has 3 aromatic rings. The SMILES string of the molecule is Cc1ccc(C(=O)NC2CC2)cc1-n1ncc(C(=O)C2CCc3ncn(C(C)C)c3C2)c1N. The summed E-state index contributed by atoms with van der Waals surface area (Å²) in [5.74, 6) is 0.0798. The summed E-state index contributed by atoms with van der Waals surface area (Å²) in [7, 11) is 0. The number of fused-ring (bicyclic) bond motifs is 1. The Bertz CT molecular complexity index is 1230. The van der Waals surface area contributed by atoms with Crippen molar-refractivity contribution < 1.29 is 9.59 Å². The Kier molecular flexibility index (Phi) is 5.31. The van der Waals surface area contributed by atoms with E-state index in [9.17, 15) is 9.59 Å². The number of ketones is 1. The van der Waals surface area contributed by atoms with Crippen molar-refractivity contribution in [1.29, 1.82) is 0 Å². The van der Waals surface area contributed by atoms with Crippen molar-refractivity contribution in [3.05, 3.63) is 58.8 Å². The Morgan fingerprint density at radius 2 is 2.00 bits per heavy atom. The fourth-order valence-electron chi connectivity index (χ4n) is 4.61. The van der Waals surface area contributed by atoms with E-state index in [0.717, 1.165) is 42.6 Å². The van der Waals surface area contributed by atoms with Crippen LogP contribution in [0.5, 0.6) is 0 Å². The summed E-state index contributed by atoms with van der Waals surface area (Å²) in [6.07, 6.45) is 7.70. The largest absolute Gasteiger partial charge is 0.383 e. The molecule has 1 amide bonds. The minimum atomic E-state index is -0.150. The molecule has 0 bridgehead atoms. The van der Waals surface area contributed by atoms with Crippen LogP contribution in [-0.2, 0) is 12.8 Å². The zero-order valence-corrected chi connectivity index (χ0v) is 19.3. The van der Waals surface area contributed by atoms with Crippen molar-refractivity contribution in [3.63, 3.8) is 0 Å². The average Bonchev–Trinajstić information content (AvgIpc) is 3.37. The van der Waals surface area contributed by atoms with Crippen LogP contribution in [0.1, 0.15) is 76.8 Å². The lowest BCUT2D eigenvalue weighted by molar-refractivity contribution is 0.0906. The van der Waals surface area contributed by atoms with Gasteiger partial charge in [-0.1, -0.05) is 6.07 Å². The van der Waals surface area contributed by atoms with Crippen LogP contribution in [0.25, 0.3) is 5.69 Å². The van der Waals surface area contributed by atoms with Crippen LogP contribution in [0.2, 0.25) is 0 Å². The van der Waals surface area contributed by atoms with Gasteiger partial charge in [-0.05, 0) is 70.6 Å². The van der Waals surface area contributed by atoms with Gasteiger partial charge in [0.1, 0.15) is 5.82 Å². The van der Waals surface area contributed by atoms with Gasteiger partial charge in [-0.25, -0.2) is 9.67 Å². The highest BCUT2D eigenvalue weighted by Gasteiger charge is 2.31. The molecule has 33 heavy (non-hydrogen) atoms. The Hall–Kier alpha value is -3.42. The maximum atomic E-state index is 13.4. The van der Waals surface area contributed by atoms with Crippen molar-refractivity contribution in [1.82, 2.24) is 24.6 Å². The first kappa shape index (κ1) is 21.4. The van der Waals surface area contributed by atoms with E-state index in [1.807, 2.05) is 19.3 Å². The van der Waals surface area contributed by atoms with Gasteiger partial charge >= 0.3 is 0 Å². The topological polar surface area (TPSA) is 108 Å². The van der Waals surface area contributed by atoms with Gasteiger partial charge in [0.05, 0.1) is 29.5 Å². The molecule has 0 aliphatic heterocycles. The second kappa shape index (κ2) is 8.17. The van der Waals surface area contributed by atoms with Gasteiger partial charge in [0.15, 0.2) is 5.78 Å². The number of aromatic nitrogens is 4. The van der Waals surface area contributed by atoms with E-state index in [1.165, 1.54) is 0 Å². The Balaban J connectivity index is 1.41. The number of imidazole rings is 1. The molecule has 0 radical (unpaired) electrons. The van der Waals surface area contributed by atoms with Crippen LogP contribution >= 0.6 is 0 Å². The third-order valence-corrected chi connectivity index (χ3v) is 6.76. The lowest BCUT2D eigenvalue weighted by atomic mass is 9.84. The Labute approximate surface area is 193 Å². The minimum Gasteiger partial charge on any atom is -0.383 e. The van der Waals surface area contributed by atoms with E-state index < -0.39 is 0 Å². The Morgan fingerprint density at radius 1 is 1.21 bits per heavy atom. The third kappa shape index (κ3) is 3.94. The molecular weight excluding hydrogens is 416 g/mol. The molecule has 0 saturated heterocycles. The molecule has 8 nitrogen and oxygen atoms in total. The number of amides is 1. The molecular formula is C25H30N6O2. The lowest BCUT2D eigenvalue weighted by Gasteiger charge is -2.23. The molecule has 172 valence electrons. The van der Waals surface area contributed by atoms with Crippen LogP contribution in [0.15, 0.2) is 30.7 Å². The standard InChI is InChI=1S/C25H30N6O2/c1-14(2)30-13-27-20-9-6-16(10-22(20)30)23(32)19-12-28-31(24(19)26)21-11-17(5-4-15(21)3)25(33)29-18-7-8-18/h4-5,11-14,16,18H,6-10,26H2,1-3H3,(H,29,33). The highest BCUT2D eigenvalue weighted by Crippen LogP contribution is 2.31. The van der Waals surface area contributed by atoms with E-state index in [1.54, 1.807) is 23.0 Å². The van der Waals surface area contributed by atoms with E-state index >= 15 is 0 Å². The number of carbonyl (C=O) groups is 2. The van der Waals surface area contributed by atoms with Crippen molar-refractivity contribution in [2.75, 3.05) is 5.73 Å². The maximum Gasteiger partial charge on any atom is 0.251 e. The van der Waals surface area contributed by atoms with Gasteiger partial charge in [0.2, 0.25) is 0 Å². The molecule has 5 rings (SSSR count). The maximum absolute atomic E-state index is 13.4. The smallest absolute Gasteiger partial charge is 0.251 e. The number of aryl methyl sites for hydroxylation is 2. The number of benzene rings is 1. The first-order valence-electron chi connectivity index (χ1n) is 11.7. The molecule has 1 atom stereocenters. The van der Waals surface area contributed by atoms with Crippen LogP contribution in [0.4, 0.5) is 5.82 Å². The number of nitrogens with zero attached hydrogens (tertiary/aromatic N) is 4. The van der Waals surface area contributed by atoms with Crippen molar-refractivity contribution in [2.45, 2.75) is 65.0 Å². The Morgan fingerprint density at radius 3 is 2.73 bits per heavy atom. The normalized spacial score (nSPS) is 17.8. The first-order chi connectivity index (χ1) is 15.8. The zero-order valence-electron chi connectivity index (χ0n) is 19.3. The van der Waals surface area contributed by atoms with Gasteiger partial charge in [-0.2, -0.15) is 5.10 Å². The average molecular weight is 447 g/mol. The molecule has 1 aromatic carbocycles. The summed E-state index contributed by atoms with van der Waals surface area (Å²) in [5, 5.41) is 7.44. The summed E-state index contributed by atoms with van der Waals surface area (Å²) in [6, 6.07) is 6.06. The fraction of sp³-hybridized carbons (Fsp3) is 0.440. The van der Waals surface area contributed by atoms with Crippen LogP contribution in [-0.4, -0.2) is 37.1 Å². The highest BCUT2D eigenvalue weighted by atomic mass is 16.1. The number of nitrogens with one attached hydrogen (secondary N) is 1. The van der Waals surface area contributed by atoms with E-state index in [2.05, 4.69) is 33.8 Å². The molecule has 2 aliphatic carbocycles.